The lowest BCUT2D eigenvalue weighted by Crippen LogP contribution is -2.27. The van der Waals surface area contributed by atoms with Crippen LogP contribution in [0.4, 0.5) is 5.95 Å². The fourth-order valence-electron chi connectivity index (χ4n) is 3.34. The van der Waals surface area contributed by atoms with E-state index < -0.39 is 12.0 Å². The summed E-state index contributed by atoms with van der Waals surface area (Å²) >= 11 is 0. The van der Waals surface area contributed by atoms with Crippen molar-refractivity contribution in [2.75, 3.05) is 5.32 Å². The fourth-order valence-corrected chi connectivity index (χ4v) is 3.34. The third kappa shape index (κ3) is 2.84. The van der Waals surface area contributed by atoms with Crippen molar-refractivity contribution >= 4 is 34.2 Å². The Morgan fingerprint density at radius 1 is 1.18 bits per heavy atom. The number of cyclic esters (lactones) is 1. The highest BCUT2D eigenvalue weighted by atomic mass is 16.6. The molecule has 5 rings (SSSR count). The molecule has 4 heterocycles. The van der Waals surface area contributed by atoms with Crippen molar-refractivity contribution in [2.45, 2.75) is 18.9 Å². The summed E-state index contributed by atoms with van der Waals surface area (Å²) in [6.45, 7) is 0. The zero-order valence-corrected chi connectivity index (χ0v) is 14.7. The van der Waals surface area contributed by atoms with Crippen molar-refractivity contribution < 1.29 is 14.3 Å². The first-order valence-electron chi connectivity index (χ1n) is 8.87. The van der Waals surface area contributed by atoms with E-state index in [1.165, 1.54) is 0 Å². The van der Waals surface area contributed by atoms with E-state index in [-0.39, 0.29) is 18.3 Å². The van der Waals surface area contributed by atoms with Gasteiger partial charge in [0.2, 0.25) is 5.95 Å². The van der Waals surface area contributed by atoms with Gasteiger partial charge in [0, 0.05) is 47.9 Å². The van der Waals surface area contributed by atoms with Crippen LogP contribution in [-0.4, -0.2) is 37.6 Å². The number of carbonyl (C=O) groups excluding carboxylic acids is 2. The fraction of sp³-hybridized carbons (Fsp3) is 0.150. The van der Waals surface area contributed by atoms with Crippen LogP contribution < -0.4 is 5.32 Å². The normalized spacial score (nSPS) is 16.4. The Morgan fingerprint density at radius 2 is 2.07 bits per heavy atom. The second kappa shape index (κ2) is 6.41. The number of hydrogen-bond donors (Lipinski definition) is 1. The molecule has 0 spiro atoms. The molecule has 0 radical (unpaired) electrons. The maximum atomic E-state index is 12.2. The second-order valence-electron chi connectivity index (χ2n) is 6.57. The van der Waals surface area contributed by atoms with Crippen LogP contribution in [0.1, 0.15) is 12.8 Å². The number of nitrogens with zero attached hydrogens (tertiary/aromatic N) is 4. The number of anilines is 1. The van der Waals surface area contributed by atoms with E-state index in [1.54, 1.807) is 4.52 Å². The largest absolute Gasteiger partial charge is 0.452 e. The third-order valence-electron chi connectivity index (χ3n) is 4.72. The lowest BCUT2D eigenvalue weighted by molar-refractivity contribution is -0.146. The smallest absolute Gasteiger partial charge is 0.306 e. The van der Waals surface area contributed by atoms with Crippen LogP contribution >= 0.6 is 0 Å². The lowest BCUT2D eigenvalue weighted by Gasteiger charge is -2.06. The number of amides is 1. The number of fused-ring (bicyclic) bond motifs is 2. The average molecular weight is 373 g/mol. The minimum Gasteiger partial charge on any atom is -0.452 e. The van der Waals surface area contributed by atoms with E-state index >= 15 is 0 Å². The molecule has 1 aliphatic heterocycles. The Labute approximate surface area is 159 Å². The van der Waals surface area contributed by atoms with E-state index in [1.807, 2.05) is 55.0 Å². The molecule has 138 valence electrons. The van der Waals surface area contributed by atoms with Crippen molar-refractivity contribution in [3.8, 4) is 11.1 Å². The number of aromatic nitrogens is 4. The van der Waals surface area contributed by atoms with Crippen molar-refractivity contribution in [1.82, 2.24) is 19.6 Å². The van der Waals surface area contributed by atoms with Gasteiger partial charge < -0.3 is 4.74 Å². The zero-order chi connectivity index (χ0) is 19.1. The van der Waals surface area contributed by atoms with Crippen LogP contribution in [0.3, 0.4) is 0 Å². The summed E-state index contributed by atoms with van der Waals surface area (Å²) < 4.78 is 6.57. The van der Waals surface area contributed by atoms with E-state index in [2.05, 4.69) is 20.4 Å². The molecule has 1 aromatic carbocycles. The highest BCUT2D eigenvalue weighted by Crippen LogP contribution is 2.27. The molecule has 3 aromatic heterocycles. The Morgan fingerprint density at radius 3 is 2.93 bits per heavy atom. The summed E-state index contributed by atoms with van der Waals surface area (Å²) in [5, 5.41) is 9.08. The summed E-state index contributed by atoms with van der Waals surface area (Å²) in [4.78, 5) is 32.0. The van der Waals surface area contributed by atoms with Gasteiger partial charge in [0.05, 0.1) is 0 Å². The Hall–Kier alpha value is -3.81. The Balaban J connectivity index is 1.47. The van der Waals surface area contributed by atoms with E-state index in [0.717, 1.165) is 21.9 Å². The molecule has 1 atom stereocenters. The molecule has 28 heavy (non-hydrogen) atoms. The molecule has 0 bridgehead atoms. The topological polar surface area (TPSA) is 98.5 Å². The number of nitrogens with one attached hydrogen (secondary N) is 1. The van der Waals surface area contributed by atoms with Crippen LogP contribution in [0.2, 0.25) is 0 Å². The zero-order valence-electron chi connectivity index (χ0n) is 14.7. The predicted molar refractivity (Wildman–Crippen MR) is 101 cm³/mol. The molecule has 1 saturated heterocycles. The second-order valence-corrected chi connectivity index (χ2v) is 6.57. The molecule has 1 amide bonds. The summed E-state index contributed by atoms with van der Waals surface area (Å²) in [7, 11) is 0. The van der Waals surface area contributed by atoms with Crippen LogP contribution in [0.25, 0.3) is 27.5 Å². The number of esters is 1. The van der Waals surface area contributed by atoms with Gasteiger partial charge >= 0.3 is 5.97 Å². The monoisotopic (exact) mass is 373 g/mol. The molecule has 4 aromatic rings. The third-order valence-corrected chi connectivity index (χ3v) is 4.72. The van der Waals surface area contributed by atoms with Gasteiger partial charge in [-0.25, -0.2) is 4.52 Å². The van der Waals surface area contributed by atoms with Crippen molar-refractivity contribution in [1.29, 1.82) is 0 Å². The molecule has 0 unspecified atom stereocenters. The van der Waals surface area contributed by atoms with Crippen LogP contribution in [0.5, 0.6) is 0 Å². The standard InChI is InChI=1S/C20H15N5O3/c26-18-8-6-16(28-18)19(27)23-20-22-17-7-5-13(11-25(17)24-20)15-10-21-9-12-3-1-2-4-14(12)15/h1-5,7,9-11,16H,6,8H2,(H,23,24,27)/t16-/m1/s1. The lowest BCUT2D eigenvalue weighted by atomic mass is 10.0. The number of pyridine rings is 2. The first-order valence-corrected chi connectivity index (χ1v) is 8.87. The summed E-state index contributed by atoms with van der Waals surface area (Å²) in [5.41, 5.74) is 2.51. The molecule has 1 fully saturated rings. The number of carbonyl (C=O) groups is 2. The molecular formula is C20H15N5O3. The van der Waals surface area contributed by atoms with E-state index in [4.69, 9.17) is 4.74 Å². The van der Waals surface area contributed by atoms with Gasteiger partial charge in [-0.1, -0.05) is 24.3 Å². The maximum Gasteiger partial charge on any atom is 0.306 e. The van der Waals surface area contributed by atoms with Crippen molar-refractivity contribution in [2.24, 2.45) is 0 Å². The molecular weight excluding hydrogens is 358 g/mol. The van der Waals surface area contributed by atoms with Gasteiger partial charge in [-0.15, -0.1) is 5.10 Å². The highest BCUT2D eigenvalue weighted by molar-refractivity contribution is 5.96. The molecule has 0 aliphatic carbocycles. The Bertz CT molecular complexity index is 1230. The van der Waals surface area contributed by atoms with Gasteiger partial charge in [-0.3, -0.25) is 19.9 Å². The van der Waals surface area contributed by atoms with Crippen LogP contribution in [-0.2, 0) is 14.3 Å². The van der Waals surface area contributed by atoms with Crippen molar-refractivity contribution in [3.63, 3.8) is 0 Å². The molecule has 8 heteroatoms. The number of benzene rings is 1. The van der Waals surface area contributed by atoms with E-state index in [0.29, 0.717) is 12.1 Å². The number of rotatable bonds is 3. The van der Waals surface area contributed by atoms with Crippen molar-refractivity contribution in [3.05, 3.63) is 55.0 Å². The highest BCUT2D eigenvalue weighted by Gasteiger charge is 2.30. The van der Waals surface area contributed by atoms with Crippen LogP contribution in [0.15, 0.2) is 55.0 Å². The Kier molecular flexibility index (Phi) is 3.75. The minimum absolute atomic E-state index is 0.168. The quantitative estimate of drug-likeness (QED) is 0.554. The SMILES string of the molecule is O=C1CC[C@H](C(=O)Nc2nc3ccc(-c4cncc5ccccc45)cn3n2)O1. The van der Waals surface area contributed by atoms with Crippen LogP contribution in [0, 0.1) is 0 Å². The predicted octanol–water partition coefficient (Wildman–Crippen LogP) is 2.59. The number of hydrogen-bond acceptors (Lipinski definition) is 6. The minimum atomic E-state index is -0.781. The van der Waals surface area contributed by atoms with E-state index in [9.17, 15) is 9.59 Å². The average Bonchev–Trinajstić information content (AvgIpc) is 3.32. The van der Waals surface area contributed by atoms with Gasteiger partial charge in [0.15, 0.2) is 11.8 Å². The van der Waals surface area contributed by atoms with Gasteiger partial charge in [0.1, 0.15) is 0 Å². The number of ether oxygens (including phenoxy) is 1. The molecule has 8 nitrogen and oxygen atoms in total. The summed E-state index contributed by atoms with van der Waals surface area (Å²) in [5.74, 6) is -0.613. The molecule has 1 aliphatic rings. The summed E-state index contributed by atoms with van der Waals surface area (Å²) in [6.07, 6.45) is 5.33. The van der Waals surface area contributed by atoms with Gasteiger partial charge in [-0.2, -0.15) is 4.98 Å². The molecule has 1 N–H and O–H groups in total. The maximum absolute atomic E-state index is 12.2. The van der Waals surface area contributed by atoms with Gasteiger partial charge in [0.25, 0.3) is 5.91 Å². The summed E-state index contributed by atoms with van der Waals surface area (Å²) in [6, 6.07) is 11.8. The first-order chi connectivity index (χ1) is 13.7. The molecule has 0 saturated carbocycles. The first kappa shape index (κ1) is 16.4. The van der Waals surface area contributed by atoms with Gasteiger partial charge in [-0.05, 0) is 17.5 Å².